The van der Waals surface area contributed by atoms with Crippen molar-refractivity contribution in [3.05, 3.63) is 21.8 Å². The van der Waals surface area contributed by atoms with Crippen LogP contribution >= 0.6 is 0 Å². The van der Waals surface area contributed by atoms with E-state index in [1.807, 2.05) is 0 Å². The summed E-state index contributed by atoms with van der Waals surface area (Å²) >= 11 is 0. The van der Waals surface area contributed by atoms with E-state index in [1.54, 1.807) is 13.8 Å². The van der Waals surface area contributed by atoms with Gasteiger partial charge in [0.2, 0.25) is 10.0 Å². The van der Waals surface area contributed by atoms with Gasteiger partial charge in [-0.15, -0.1) is 0 Å². The number of nitrogens with zero attached hydrogens (tertiary/aromatic N) is 4. The molecular formula is C8H14N6O2S. The molecule has 0 amide bonds. The van der Waals surface area contributed by atoms with Gasteiger partial charge in [-0.05, 0) is 25.8 Å². The molecule has 8 nitrogen and oxygen atoms in total. The number of aryl methyl sites for hydroxylation is 2. The van der Waals surface area contributed by atoms with Crippen LogP contribution < -0.4 is 4.72 Å². The van der Waals surface area contributed by atoms with Crippen molar-refractivity contribution in [3.63, 3.8) is 0 Å². The molecule has 0 saturated heterocycles. The SMILES string of the molecule is Cc1n[nH]c(C)c1S(=O)(=O)NCCCN=[N+]=[N-]. The third kappa shape index (κ3) is 3.45. The average Bonchev–Trinajstić information content (AvgIpc) is 2.58. The first-order chi connectivity index (χ1) is 7.99. The van der Waals surface area contributed by atoms with Gasteiger partial charge in [0.15, 0.2) is 0 Å². The molecule has 1 rings (SSSR count). The second kappa shape index (κ2) is 5.67. The molecule has 1 heterocycles. The number of hydrogen-bond acceptors (Lipinski definition) is 4. The molecule has 0 saturated carbocycles. The number of rotatable bonds is 6. The van der Waals surface area contributed by atoms with Crippen LogP contribution in [0.1, 0.15) is 17.8 Å². The van der Waals surface area contributed by atoms with E-state index in [-0.39, 0.29) is 18.0 Å². The Labute approximate surface area is 99.1 Å². The maximum atomic E-state index is 11.9. The lowest BCUT2D eigenvalue weighted by Crippen LogP contribution is -2.26. The van der Waals surface area contributed by atoms with Crippen molar-refractivity contribution in [3.8, 4) is 0 Å². The average molecular weight is 258 g/mol. The van der Waals surface area contributed by atoms with Gasteiger partial charge < -0.3 is 0 Å². The monoisotopic (exact) mass is 258 g/mol. The topological polar surface area (TPSA) is 124 Å². The van der Waals surface area contributed by atoms with Crippen LogP contribution in [-0.4, -0.2) is 31.7 Å². The summed E-state index contributed by atoms with van der Waals surface area (Å²) in [4.78, 5) is 2.76. The third-order valence-electron chi connectivity index (χ3n) is 2.12. The minimum absolute atomic E-state index is 0.182. The fourth-order valence-electron chi connectivity index (χ4n) is 1.41. The fourth-order valence-corrected chi connectivity index (χ4v) is 2.85. The van der Waals surface area contributed by atoms with Gasteiger partial charge in [0.25, 0.3) is 0 Å². The number of nitrogens with one attached hydrogen (secondary N) is 2. The normalized spacial score (nSPS) is 11.2. The Kier molecular flexibility index (Phi) is 4.50. The van der Waals surface area contributed by atoms with Crippen molar-refractivity contribution >= 4 is 10.0 Å². The molecular weight excluding hydrogens is 244 g/mol. The molecule has 0 atom stereocenters. The van der Waals surface area contributed by atoms with E-state index in [0.717, 1.165) is 0 Å². The molecule has 0 aliphatic rings. The number of aromatic nitrogens is 2. The summed E-state index contributed by atoms with van der Waals surface area (Å²) in [5, 5.41) is 9.76. The molecule has 2 N–H and O–H groups in total. The molecule has 0 bridgehead atoms. The first kappa shape index (κ1) is 13.5. The van der Waals surface area contributed by atoms with Crippen molar-refractivity contribution < 1.29 is 8.42 Å². The summed E-state index contributed by atoms with van der Waals surface area (Å²) < 4.78 is 26.2. The van der Waals surface area contributed by atoms with Crippen LogP contribution in [-0.2, 0) is 10.0 Å². The number of hydrogen-bond donors (Lipinski definition) is 2. The first-order valence-corrected chi connectivity index (χ1v) is 6.49. The fraction of sp³-hybridized carbons (Fsp3) is 0.625. The van der Waals surface area contributed by atoms with Gasteiger partial charge in [-0.2, -0.15) is 5.10 Å². The van der Waals surface area contributed by atoms with Gasteiger partial charge >= 0.3 is 0 Å². The number of H-pyrrole nitrogens is 1. The van der Waals surface area contributed by atoms with Crippen LogP contribution in [0.3, 0.4) is 0 Å². The number of aromatic amines is 1. The molecule has 0 aromatic carbocycles. The van der Waals surface area contributed by atoms with Crippen molar-refractivity contribution in [2.24, 2.45) is 5.11 Å². The molecule has 1 aromatic heterocycles. The highest BCUT2D eigenvalue weighted by atomic mass is 32.2. The van der Waals surface area contributed by atoms with Gasteiger partial charge in [0.1, 0.15) is 4.90 Å². The summed E-state index contributed by atoms with van der Waals surface area (Å²) in [6.07, 6.45) is 0.458. The Bertz CT molecular complexity index is 509. The lowest BCUT2D eigenvalue weighted by Gasteiger charge is -2.05. The zero-order valence-corrected chi connectivity index (χ0v) is 10.5. The van der Waals surface area contributed by atoms with E-state index in [2.05, 4.69) is 24.9 Å². The van der Waals surface area contributed by atoms with E-state index < -0.39 is 10.0 Å². The summed E-state index contributed by atoms with van der Waals surface area (Å²) in [6.45, 7) is 3.76. The second-order valence-electron chi connectivity index (χ2n) is 3.47. The minimum atomic E-state index is -3.54. The van der Waals surface area contributed by atoms with Gasteiger partial charge in [0, 0.05) is 18.0 Å². The van der Waals surface area contributed by atoms with E-state index in [4.69, 9.17) is 5.53 Å². The minimum Gasteiger partial charge on any atom is -0.281 e. The standard InChI is InChI=1S/C8H14N6O2S/c1-6-8(7(2)13-12-6)17(15,16)11-5-3-4-10-14-9/h11H,3-5H2,1-2H3,(H,12,13). The third-order valence-corrected chi connectivity index (χ3v) is 3.84. The Morgan fingerprint density at radius 1 is 1.53 bits per heavy atom. The largest absolute Gasteiger partial charge is 0.281 e. The van der Waals surface area contributed by atoms with Crippen LogP contribution in [0.5, 0.6) is 0 Å². The van der Waals surface area contributed by atoms with E-state index >= 15 is 0 Å². The molecule has 0 unspecified atom stereocenters. The summed E-state index contributed by atoms with van der Waals surface area (Å²) in [6, 6.07) is 0. The van der Waals surface area contributed by atoms with Crippen molar-refractivity contribution in [2.45, 2.75) is 25.2 Å². The van der Waals surface area contributed by atoms with Crippen molar-refractivity contribution in [2.75, 3.05) is 13.1 Å². The predicted octanol–water partition coefficient (Wildman–Crippen LogP) is 1.01. The smallest absolute Gasteiger partial charge is 0.244 e. The molecule has 0 aliphatic heterocycles. The van der Waals surface area contributed by atoms with Crippen LogP contribution in [0.25, 0.3) is 10.4 Å². The van der Waals surface area contributed by atoms with Gasteiger partial charge in [-0.1, -0.05) is 5.11 Å². The Hall–Kier alpha value is -1.57. The highest BCUT2D eigenvalue weighted by molar-refractivity contribution is 7.89. The quantitative estimate of drug-likeness (QED) is 0.342. The van der Waals surface area contributed by atoms with E-state index in [0.29, 0.717) is 17.8 Å². The maximum Gasteiger partial charge on any atom is 0.244 e. The predicted molar refractivity (Wildman–Crippen MR) is 61.9 cm³/mol. The molecule has 9 heteroatoms. The molecule has 17 heavy (non-hydrogen) atoms. The lowest BCUT2D eigenvalue weighted by molar-refractivity contribution is 0.578. The molecule has 0 fully saturated rings. The molecule has 0 spiro atoms. The molecule has 0 aliphatic carbocycles. The van der Waals surface area contributed by atoms with Crippen molar-refractivity contribution in [1.29, 1.82) is 0 Å². The summed E-state index contributed by atoms with van der Waals surface area (Å²) in [7, 11) is -3.54. The molecule has 0 radical (unpaired) electrons. The Balaban J connectivity index is 2.67. The Morgan fingerprint density at radius 3 is 2.76 bits per heavy atom. The lowest BCUT2D eigenvalue weighted by atomic mass is 10.4. The zero-order valence-electron chi connectivity index (χ0n) is 9.63. The van der Waals surface area contributed by atoms with Gasteiger partial charge in [-0.25, -0.2) is 13.1 Å². The zero-order chi connectivity index (χ0) is 12.9. The summed E-state index contributed by atoms with van der Waals surface area (Å²) in [5.41, 5.74) is 9.00. The first-order valence-electron chi connectivity index (χ1n) is 5.01. The summed E-state index contributed by atoms with van der Waals surface area (Å²) in [5.74, 6) is 0. The van der Waals surface area contributed by atoms with Gasteiger partial charge in [-0.3, -0.25) is 5.10 Å². The van der Waals surface area contributed by atoms with Crippen LogP contribution in [0, 0.1) is 13.8 Å². The maximum absolute atomic E-state index is 11.9. The van der Waals surface area contributed by atoms with E-state index in [1.165, 1.54) is 0 Å². The van der Waals surface area contributed by atoms with Gasteiger partial charge in [0.05, 0.1) is 11.4 Å². The highest BCUT2D eigenvalue weighted by Gasteiger charge is 2.21. The van der Waals surface area contributed by atoms with E-state index in [9.17, 15) is 8.42 Å². The second-order valence-corrected chi connectivity index (χ2v) is 5.17. The molecule has 1 aromatic rings. The Morgan fingerprint density at radius 2 is 2.24 bits per heavy atom. The van der Waals surface area contributed by atoms with Crippen molar-refractivity contribution in [1.82, 2.24) is 14.9 Å². The van der Waals surface area contributed by atoms with Crippen LogP contribution in [0.15, 0.2) is 10.0 Å². The number of sulfonamides is 1. The molecule has 94 valence electrons. The highest BCUT2D eigenvalue weighted by Crippen LogP contribution is 2.15. The van der Waals surface area contributed by atoms with Crippen LogP contribution in [0.4, 0.5) is 0 Å². The number of azide groups is 1. The van der Waals surface area contributed by atoms with Crippen LogP contribution in [0.2, 0.25) is 0 Å².